The van der Waals surface area contributed by atoms with Gasteiger partial charge in [-0.1, -0.05) is 25.5 Å². The van der Waals surface area contributed by atoms with E-state index in [9.17, 15) is 9.90 Å². The van der Waals surface area contributed by atoms with Crippen LogP contribution in [-0.4, -0.2) is 42.3 Å². The van der Waals surface area contributed by atoms with Crippen molar-refractivity contribution in [3.05, 3.63) is 11.6 Å². The fourth-order valence-corrected chi connectivity index (χ4v) is 7.84. The number of aliphatic hydroxyl groups excluding tert-OH is 1. The lowest BCUT2D eigenvalue weighted by atomic mass is 9.47. The molecule has 4 fully saturated rings. The van der Waals surface area contributed by atoms with Crippen LogP contribution < -0.4 is 0 Å². The Morgan fingerprint density at radius 1 is 1.11 bits per heavy atom. The molecule has 1 N–H and O–H groups in total. The van der Waals surface area contributed by atoms with E-state index >= 15 is 0 Å². The lowest BCUT2D eigenvalue weighted by molar-refractivity contribution is -0.246. The van der Waals surface area contributed by atoms with Crippen LogP contribution in [0.25, 0.3) is 0 Å². The van der Waals surface area contributed by atoms with E-state index < -0.39 is 11.9 Å². The Labute approximate surface area is 167 Å². The van der Waals surface area contributed by atoms with Gasteiger partial charge in [0.15, 0.2) is 5.79 Å². The minimum absolute atomic E-state index is 0.0116. The lowest BCUT2D eigenvalue weighted by Gasteiger charge is -2.59. The molecule has 7 atom stereocenters. The third kappa shape index (κ3) is 2.45. The van der Waals surface area contributed by atoms with E-state index in [-0.39, 0.29) is 28.8 Å². The zero-order chi connectivity index (χ0) is 19.7. The maximum Gasteiger partial charge on any atom is 0.302 e. The standard InChI is InChI=1S/C23H34O5/c1-14(24)28-16-4-7-21(2)15(12-16)13-19(25)20-17(21)5-8-22(3)18(20)6-9-23(22)26-10-11-27-23/h13,16-20,25H,4-12H2,1-3H3/t16-,17-,18-,19-,20+,21-,22-/m0/s1. The van der Waals surface area contributed by atoms with Crippen molar-refractivity contribution in [2.75, 3.05) is 13.2 Å². The van der Waals surface area contributed by atoms with Crippen molar-refractivity contribution >= 4 is 5.97 Å². The average molecular weight is 391 g/mol. The molecule has 0 amide bonds. The average Bonchev–Trinajstić information content (AvgIpc) is 3.23. The molecule has 0 bridgehead atoms. The highest BCUT2D eigenvalue weighted by Crippen LogP contribution is 2.68. The Morgan fingerprint density at radius 3 is 2.54 bits per heavy atom. The van der Waals surface area contributed by atoms with E-state index in [1.54, 1.807) is 0 Å². The Morgan fingerprint density at radius 2 is 1.82 bits per heavy atom. The van der Waals surface area contributed by atoms with Gasteiger partial charge in [0.1, 0.15) is 6.10 Å². The van der Waals surface area contributed by atoms with Gasteiger partial charge in [-0.15, -0.1) is 0 Å². The SMILES string of the molecule is CC(=O)O[C@H]1CC[C@@]2(C)C(=C[C@H](O)[C@@H]3[C@@H]2CC[C@@]2(C)[C@H]3CCC23OCCO3)C1. The van der Waals surface area contributed by atoms with E-state index in [4.69, 9.17) is 14.2 Å². The van der Waals surface area contributed by atoms with Crippen LogP contribution in [0.5, 0.6) is 0 Å². The van der Waals surface area contributed by atoms with Crippen LogP contribution in [-0.2, 0) is 19.0 Å². The first kappa shape index (κ1) is 19.1. The van der Waals surface area contributed by atoms with Crippen molar-refractivity contribution in [3.8, 4) is 0 Å². The summed E-state index contributed by atoms with van der Waals surface area (Å²) in [5, 5.41) is 11.3. The summed E-state index contributed by atoms with van der Waals surface area (Å²) >= 11 is 0. The van der Waals surface area contributed by atoms with Crippen molar-refractivity contribution in [1.29, 1.82) is 0 Å². The maximum absolute atomic E-state index is 11.4. The molecule has 0 unspecified atom stereocenters. The molecule has 3 saturated carbocycles. The molecule has 1 heterocycles. The summed E-state index contributed by atoms with van der Waals surface area (Å²) in [4.78, 5) is 11.4. The molecular weight excluding hydrogens is 356 g/mol. The van der Waals surface area contributed by atoms with E-state index in [1.807, 2.05) is 0 Å². The van der Waals surface area contributed by atoms with Crippen LogP contribution in [0.1, 0.15) is 65.7 Å². The fraction of sp³-hybridized carbons (Fsp3) is 0.870. The first-order valence-corrected chi connectivity index (χ1v) is 11.1. The molecule has 1 aliphatic heterocycles. The lowest BCUT2D eigenvalue weighted by Crippen LogP contribution is -2.58. The van der Waals surface area contributed by atoms with E-state index in [0.29, 0.717) is 25.0 Å². The topological polar surface area (TPSA) is 65.0 Å². The quantitative estimate of drug-likeness (QED) is 0.547. The summed E-state index contributed by atoms with van der Waals surface area (Å²) in [6.45, 7) is 7.61. The number of rotatable bonds is 1. The number of carbonyl (C=O) groups is 1. The van der Waals surface area contributed by atoms with Gasteiger partial charge in [-0.05, 0) is 55.3 Å². The number of fused-ring (bicyclic) bond motifs is 6. The minimum Gasteiger partial charge on any atom is -0.462 e. The second-order valence-corrected chi connectivity index (χ2v) is 10.3. The smallest absolute Gasteiger partial charge is 0.302 e. The number of hydrogen-bond acceptors (Lipinski definition) is 5. The first-order valence-electron chi connectivity index (χ1n) is 11.1. The summed E-state index contributed by atoms with van der Waals surface area (Å²) in [6.07, 6.45) is 8.61. The Bertz CT molecular complexity index is 695. The molecule has 0 aromatic carbocycles. The van der Waals surface area contributed by atoms with Gasteiger partial charge in [0, 0.05) is 25.2 Å². The highest BCUT2D eigenvalue weighted by molar-refractivity contribution is 5.66. The molecule has 5 nitrogen and oxygen atoms in total. The first-order chi connectivity index (χ1) is 13.3. The van der Waals surface area contributed by atoms with Gasteiger partial charge in [0.25, 0.3) is 0 Å². The zero-order valence-electron chi connectivity index (χ0n) is 17.4. The summed E-state index contributed by atoms with van der Waals surface area (Å²) in [5.74, 6) is 0.547. The number of ether oxygens (including phenoxy) is 3. The van der Waals surface area contributed by atoms with Gasteiger partial charge in [-0.3, -0.25) is 4.79 Å². The zero-order valence-corrected chi connectivity index (χ0v) is 17.4. The molecule has 0 radical (unpaired) electrons. The molecule has 1 saturated heterocycles. The summed E-state index contributed by atoms with van der Waals surface area (Å²) in [6, 6.07) is 0. The highest BCUT2D eigenvalue weighted by atomic mass is 16.7. The van der Waals surface area contributed by atoms with Crippen LogP contribution in [0.4, 0.5) is 0 Å². The third-order valence-corrected chi connectivity index (χ3v) is 9.21. The fourth-order valence-electron chi connectivity index (χ4n) is 7.84. The number of esters is 1. The molecule has 5 aliphatic rings. The van der Waals surface area contributed by atoms with Gasteiger partial charge in [-0.2, -0.15) is 0 Å². The maximum atomic E-state index is 11.4. The number of carbonyl (C=O) groups excluding carboxylic acids is 1. The van der Waals surface area contributed by atoms with E-state index in [2.05, 4.69) is 19.9 Å². The summed E-state index contributed by atoms with van der Waals surface area (Å²) < 4.78 is 17.9. The predicted octanol–water partition coefficient (Wildman–Crippen LogP) is 3.59. The molecule has 4 aliphatic carbocycles. The molecule has 28 heavy (non-hydrogen) atoms. The molecular formula is C23H34O5. The van der Waals surface area contributed by atoms with Gasteiger partial charge in [-0.25, -0.2) is 0 Å². The van der Waals surface area contributed by atoms with Crippen LogP contribution >= 0.6 is 0 Å². The van der Waals surface area contributed by atoms with Crippen LogP contribution in [0, 0.1) is 28.6 Å². The van der Waals surface area contributed by atoms with Crippen molar-refractivity contribution in [3.63, 3.8) is 0 Å². The number of aliphatic hydroxyl groups is 1. The largest absolute Gasteiger partial charge is 0.462 e. The van der Waals surface area contributed by atoms with Crippen molar-refractivity contribution in [1.82, 2.24) is 0 Å². The molecule has 1 spiro atoms. The minimum atomic E-state index is -0.430. The molecule has 5 rings (SSSR count). The summed E-state index contributed by atoms with van der Waals surface area (Å²) in [7, 11) is 0. The van der Waals surface area contributed by atoms with Gasteiger partial charge < -0.3 is 19.3 Å². The van der Waals surface area contributed by atoms with Gasteiger partial charge >= 0.3 is 5.97 Å². The third-order valence-electron chi connectivity index (χ3n) is 9.21. The predicted molar refractivity (Wildman–Crippen MR) is 103 cm³/mol. The number of hydrogen-bond donors (Lipinski definition) is 1. The van der Waals surface area contributed by atoms with E-state index in [1.165, 1.54) is 12.5 Å². The Hall–Kier alpha value is -0.910. The second kappa shape index (κ2) is 6.29. The Balaban J connectivity index is 1.46. The summed E-state index contributed by atoms with van der Waals surface area (Å²) in [5.41, 5.74) is 1.40. The molecule has 5 heteroatoms. The van der Waals surface area contributed by atoms with Crippen molar-refractivity contribution in [2.45, 2.75) is 83.7 Å². The van der Waals surface area contributed by atoms with Crippen LogP contribution in [0.2, 0.25) is 0 Å². The van der Waals surface area contributed by atoms with Gasteiger partial charge in [0.2, 0.25) is 0 Å². The van der Waals surface area contributed by atoms with Crippen LogP contribution in [0.15, 0.2) is 11.6 Å². The molecule has 0 aromatic heterocycles. The molecule has 0 aromatic rings. The second-order valence-electron chi connectivity index (χ2n) is 10.3. The Kier molecular flexibility index (Phi) is 4.29. The molecule has 156 valence electrons. The van der Waals surface area contributed by atoms with Crippen molar-refractivity contribution in [2.24, 2.45) is 28.6 Å². The van der Waals surface area contributed by atoms with E-state index in [0.717, 1.165) is 44.9 Å². The van der Waals surface area contributed by atoms with Crippen LogP contribution in [0.3, 0.4) is 0 Å². The monoisotopic (exact) mass is 390 g/mol. The van der Waals surface area contributed by atoms with Crippen molar-refractivity contribution < 1.29 is 24.1 Å². The highest BCUT2D eigenvalue weighted by Gasteiger charge is 2.67. The van der Waals surface area contributed by atoms with Gasteiger partial charge in [0.05, 0.1) is 19.3 Å². The normalized spacial score (nSPS) is 49.1.